The molecule has 0 fully saturated rings. The summed E-state index contributed by atoms with van der Waals surface area (Å²) < 4.78 is 36.7. The molecule has 0 aromatic heterocycles. The standard InChI is InChI=1S/C16H20F3NO/c1-10(2)20-15(21)14-12(4)8-11(3)9-13(14)6-5-7-16(17,18)19/h5-6,8-10H,7H2,1-4H3,(H,20,21)/b6-5+. The Labute approximate surface area is 123 Å². The third-order valence-electron chi connectivity index (χ3n) is 2.80. The SMILES string of the molecule is Cc1cc(C)c(C(=O)NC(C)C)c(/C=C/CC(F)(F)F)c1. The normalized spacial score (nSPS) is 12.2. The zero-order valence-corrected chi connectivity index (χ0v) is 12.6. The molecule has 0 radical (unpaired) electrons. The first-order valence-corrected chi connectivity index (χ1v) is 6.75. The highest BCUT2D eigenvalue weighted by atomic mass is 19.4. The molecule has 21 heavy (non-hydrogen) atoms. The first kappa shape index (κ1) is 17.3. The van der Waals surface area contributed by atoms with E-state index in [-0.39, 0.29) is 11.9 Å². The molecule has 0 saturated heterocycles. The summed E-state index contributed by atoms with van der Waals surface area (Å²) in [6.07, 6.45) is -2.84. The molecule has 116 valence electrons. The molecule has 0 atom stereocenters. The fourth-order valence-corrected chi connectivity index (χ4v) is 2.10. The highest BCUT2D eigenvalue weighted by Crippen LogP contribution is 2.23. The van der Waals surface area contributed by atoms with Gasteiger partial charge in [-0.05, 0) is 38.8 Å². The number of benzene rings is 1. The minimum Gasteiger partial charge on any atom is -0.350 e. The van der Waals surface area contributed by atoms with Gasteiger partial charge in [0.2, 0.25) is 0 Å². The van der Waals surface area contributed by atoms with Crippen LogP contribution in [0, 0.1) is 13.8 Å². The maximum atomic E-state index is 12.2. The summed E-state index contributed by atoms with van der Waals surface area (Å²) in [6, 6.07) is 3.52. The Morgan fingerprint density at radius 3 is 2.43 bits per heavy atom. The maximum absolute atomic E-state index is 12.2. The number of alkyl halides is 3. The lowest BCUT2D eigenvalue weighted by Crippen LogP contribution is -2.31. The van der Waals surface area contributed by atoms with Gasteiger partial charge < -0.3 is 5.32 Å². The lowest BCUT2D eigenvalue weighted by molar-refractivity contribution is -0.124. The number of aryl methyl sites for hydroxylation is 2. The summed E-state index contributed by atoms with van der Waals surface area (Å²) in [7, 11) is 0. The molecule has 1 aromatic rings. The molecular formula is C16H20F3NO. The van der Waals surface area contributed by atoms with Crippen molar-refractivity contribution >= 4 is 12.0 Å². The molecule has 0 saturated carbocycles. The van der Waals surface area contributed by atoms with Crippen molar-refractivity contribution in [3.8, 4) is 0 Å². The number of allylic oxidation sites excluding steroid dienone is 1. The van der Waals surface area contributed by atoms with Crippen LogP contribution in [0.3, 0.4) is 0 Å². The molecule has 0 aliphatic rings. The number of hydrogen-bond donors (Lipinski definition) is 1. The average Bonchev–Trinajstić information content (AvgIpc) is 2.24. The van der Waals surface area contributed by atoms with Gasteiger partial charge in [-0.15, -0.1) is 0 Å². The topological polar surface area (TPSA) is 29.1 Å². The molecular weight excluding hydrogens is 279 g/mol. The van der Waals surface area contributed by atoms with Crippen molar-refractivity contribution in [2.45, 2.75) is 46.3 Å². The first-order valence-electron chi connectivity index (χ1n) is 6.75. The lowest BCUT2D eigenvalue weighted by atomic mass is 9.97. The Balaban J connectivity index is 3.14. The second-order valence-corrected chi connectivity index (χ2v) is 5.40. The molecule has 1 aromatic carbocycles. The van der Waals surface area contributed by atoms with Crippen molar-refractivity contribution in [2.75, 3.05) is 0 Å². The Bertz CT molecular complexity index is 545. The Morgan fingerprint density at radius 1 is 1.29 bits per heavy atom. The van der Waals surface area contributed by atoms with Crippen LogP contribution in [0.2, 0.25) is 0 Å². The summed E-state index contributed by atoms with van der Waals surface area (Å²) in [5.41, 5.74) is 2.59. The van der Waals surface area contributed by atoms with Crippen molar-refractivity contribution in [2.24, 2.45) is 0 Å². The number of carbonyl (C=O) groups excluding carboxylic acids is 1. The predicted octanol–water partition coefficient (Wildman–Crippen LogP) is 4.41. The van der Waals surface area contributed by atoms with Gasteiger partial charge >= 0.3 is 6.18 Å². The molecule has 1 N–H and O–H groups in total. The minimum absolute atomic E-state index is 0.0368. The molecule has 2 nitrogen and oxygen atoms in total. The number of amides is 1. The molecule has 0 aliphatic carbocycles. The Hall–Kier alpha value is -1.78. The lowest BCUT2D eigenvalue weighted by Gasteiger charge is -2.14. The monoisotopic (exact) mass is 299 g/mol. The summed E-state index contributed by atoms with van der Waals surface area (Å²) >= 11 is 0. The van der Waals surface area contributed by atoms with Crippen LogP contribution in [0.5, 0.6) is 0 Å². The number of carbonyl (C=O) groups is 1. The maximum Gasteiger partial charge on any atom is 0.392 e. The van der Waals surface area contributed by atoms with E-state index < -0.39 is 12.6 Å². The van der Waals surface area contributed by atoms with Gasteiger partial charge in [0, 0.05) is 11.6 Å². The van der Waals surface area contributed by atoms with Crippen molar-refractivity contribution in [1.29, 1.82) is 0 Å². The fraction of sp³-hybridized carbons (Fsp3) is 0.438. The fourth-order valence-electron chi connectivity index (χ4n) is 2.10. The smallest absolute Gasteiger partial charge is 0.350 e. The molecule has 0 bridgehead atoms. The van der Waals surface area contributed by atoms with E-state index in [9.17, 15) is 18.0 Å². The van der Waals surface area contributed by atoms with Crippen LogP contribution in [-0.4, -0.2) is 18.1 Å². The third kappa shape index (κ3) is 5.61. The van der Waals surface area contributed by atoms with E-state index in [4.69, 9.17) is 0 Å². The van der Waals surface area contributed by atoms with Crippen LogP contribution in [0.4, 0.5) is 13.2 Å². The Morgan fingerprint density at radius 2 is 1.90 bits per heavy atom. The summed E-state index contributed by atoms with van der Waals surface area (Å²) in [6.45, 7) is 7.29. The zero-order valence-electron chi connectivity index (χ0n) is 12.6. The van der Waals surface area contributed by atoms with Crippen LogP contribution in [-0.2, 0) is 0 Å². The van der Waals surface area contributed by atoms with Crippen molar-refractivity contribution in [3.05, 3.63) is 40.5 Å². The zero-order chi connectivity index (χ0) is 16.2. The van der Waals surface area contributed by atoms with Crippen LogP contribution in [0.15, 0.2) is 18.2 Å². The summed E-state index contributed by atoms with van der Waals surface area (Å²) in [5.74, 6) is -0.269. The van der Waals surface area contributed by atoms with Crippen LogP contribution in [0.25, 0.3) is 6.08 Å². The molecule has 0 spiro atoms. The van der Waals surface area contributed by atoms with E-state index in [2.05, 4.69) is 5.32 Å². The summed E-state index contributed by atoms with van der Waals surface area (Å²) in [4.78, 5) is 12.2. The van der Waals surface area contributed by atoms with Gasteiger partial charge in [-0.3, -0.25) is 4.79 Å². The van der Waals surface area contributed by atoms with Gasteiger partial charge in [-0.1, -0.05) is 29.8 Å². The van der Waals surface area contributed by atoms with E-state index in [1.807, 2.05) is 26.8 Å². The second-order valence-electron chi connectivity index (χ2n) is 5.40. The Kier molecular flexibility index (Phi) is 5.58. The molecule has 0 aliphatic heterocycles. The minimum atomic E-state index is -4.24. The number of hydrogen-bond acceptors (Lipinski definition) is 1. The third-order valence-corrected chi connectivity index (χ3v) is 2.80. The molecule has 1 amide bonds. The largest absolute Gasteiger partial charge is 0.392 e. The van der Waals surface area contributed by atoms with Gasteiger partial charge in [0.1, 0.15) is 0 Å². The quantitative estimate of drug-likeness (QED) is 0.876. The van der Waals surface area contributed by atoms with E-state index in [0.29, 0.717) is 11.1 Å². The van der Waals surface area contributed by atoms with E-state index in [0.717, 1.165) is 17.2 Å². The molecule has 0 unspecified atom stereocenters. The van der Waals surface area contributed by atoms with Crippen LogP contribution < -0.4 is 5.32 Å². The van der Waals surface area contributed by atoms with Gasteiger partial charge in [0.25, 0.3) is 5.91 Å². The molecule has 0 heterocycles. The van der Waals surface area contributed by atoms with Gasteiger partial charge in [0.05, 0.1) is 6.42 Å². The highest BCUT2D eigenvalue weighted by Gasteiger charge is 2.24. The van der Waals surface area contributed by atoms with Crippen LogP contribution >= 0.6 is 0 Å². The average molecular weight is 299 g/mol. The number of rotatable bonds is 4. The van der Waals surface area contributed by atoms with Gasteiger partial charge in [-0.2, -0.15) is 13.2 Å². The molecule has 1 rings (SSSR count). The van der Waals surface area contributed by atoms with E-state index >= 15 is 0 Å². The summed E-state index contributed by atoms with van der Waals surface area (Å²) in [5, 5.41) is 2.77. The van der Waals surface area contributed by atoms with Crippen molar-refractivity contribution in [1.82, 2.24) is 5.32 Å². The van der Waals surface area contributed by atoms with Crippen LogP contribution in [0.1, 0.15) is 47.3 Å². The van der Waals surface area contributed by atoms with Crippen molar-refractivity contribution < 1.29 is 18.0 Å². The number of halogens is 3. The van der Waals surface area contributed by atoms with Gasteiger partial charge in [0.15, 0.2) is 0 Å². The highest BCUT2D eigenvalue weighted by molar-refractivity contribution is 5.99. The van der Waals surface area contributed by atoms with Gasteiger partial charge in [-0.25, -0.2) is 0 Å². The van der Waals surface area contributed by atoms with E-state index in [1.165, 1.54) is 6.08 Å². The second kappa shape index (κ2) is 6.78. The molecule has 5 heteroatoms. The predicted molar refractivity (Wildman–Crippen MR) is 78.2 cm³/mol. The first-order chi connectivity index (χ1) is 9.60. The van der Waals surface area contributed by atoms with E-state index in [1.54, 1.807) is 13.0 Å². The van der Waals surface area contributed by atoms with Crippen molar-refractivity contribution in [3.63, 3.8) is 0 Å². The number of nitrogens with one attached hydrogen (secondary N) is 1.